The van der Waals surface area contributed by atoms with Crippen LogP contribution in [0.3, 0.4) is 0 Å². The monoisotopic (exact) mass is 366 g/mol. The fraction of sp³-hybridized carbons (Fsp3) is 0.500. The van der Waals surface area contributed by atoms with Crippen molar-refractivity contribution in [3.8, 4) is 0 Å². The molecule has 1 fully saturated rings. The Labute approximate surface area is 137 Å². The Morgan fingerprint density at radius 3 is 2.38 bits per heavy atom. The van der Waals surface area contributed by atoms with E-state index in [1.165, 1.54) is 24.3 Å². The Morgan fingerprint density at radius 2 is 1.83 bits per heavy atom. The van der Waals surface area contributed by atoms with Gasteiger partial charge in [-0.1, -0.05) is 0 Å². The van der Waals surface area contributed by atoms with Crippen LogP contribution in [0.15, 0.2) is 24.3 Å². The smallest absolute Gasteiger partial charge is 0.368 e. The Balaban J connectivity index is 1.90. The van der Waals surface area contributed by atoms with E-state index in [1.807, 2.05) is 0 Å². The van der Waals surface area contributed by atoms with Crippen molar-refractivity contribution < 1.29 is 31.1 Å². The highest BCUT2D eigenvalue weighted by molar-refractivity contribution is 7.92. The first-order chi connectivity index (χ1) is 11.1. The van der Waals surface area contributed by atoms with E-state index in [0.717, 1.165) is 6.42 Å². The minimum atomic E-state index is -4.54. The maximum absolute atomic E-state index is 12.1. The number of alkyl halides is 3. The number of anilines is 2. The molecule has 6 nitrogen and oxygen atoms in total. The summed E-state index contributed by atoms with van der Waals surface area (Å²) in [5.74, 6) is -1.33. The molecule has 0 radical (unpaired) electrons. The van der Waals surface area contributed by atoms with Gasteiger partial charge in [0.1, 0.15) is 6.10 Å². The van der Waals surface area contributed by atoms with Crippen molar-refractivity contribution in [3.05, 3.63) is 24.3 Å². The van der Waals surface area contributed by atoms with Gasteiger partial charge in [0.25, 0.3) is 5.91 Å². The number of halogens is 3. The van der Waals surface area contributed by atoms with Crippen LogP contribution in [0.2, 0.25) is 0 Å². The molecule has 1 aromatic carbocycles. The lowest BCUT2D eigenvalue weighted by atomic mass is 10.2. The molecule has 1 aliphatic rings. The summed E-state index contributed by atoms with van der Waals surface area (Å²) in [6, 6.07) is 5.62. The standard InChI is InChI=1S/C14H17F3N2O4S/c15-14(16,17)7-9-24(21,22)19-11-5-3-10(4-6-11)18-13(20)12-2-1-8-23-12/h3-6,12,19H,1-2,7-9H2,(H,18,20). The van der Waals surface area contributed by atoms with E-state index < -0.39 is 34.5 Å². The lowest BCUT2D eigenvalue weighted by molar-refractivity contribution is -0.130. The quantitative estimate of drug-likeness (QED) is 0.810. The van der Waals surface area contributed by atoms with Gasteiger partial charge in [-0.05, 0) is 37.1 Å². The topological polar surface area (TPSA) is 84.5 Å². The van der Waals surface area contributed by atoms with Crippen LogP contribution in [0.5, 0.6) is 0 Å². The molecule has 0 saturated carbocycles. The van der Waals surface area contributed by atoms with Crippen molar-refractivity contribution in [2.45, 2.75) is 31.5 Å². The van der Waals surface area contributed by atoms with Gasteiger partial charge in [-0.3, -0.25) is 9.52 Å². The normalized spacial score (nSPS) is 18.4. The number of carbonyl (C=O) groups excluding carboxylic acids is 1. The van der Waals surface area contributed by atoms with E-state index in [2.05, 4.69) is 10.0 Å². The van der Waals surface area contributed by atoms with Crippen LogP contribution < -0.4 is 10.0 Å². The first kappa shape index (κ1) is 18.5. The molecular weight excluding hydrogens is 349 g/mol. The summed E-state index contributed by atoms with van der Waals surface area (Å²) in [5, 5.41) is 2.63. The fourth-order valence-corrected chi connectivity index (χ4v) is 3.21. The van der Waals surface area contributed by atoms with E-state index in [9.17, 15) is 26.4 Å². The number of hydrogen-bond donors (Lipinski definition) is 2. The summed E-state index contributed by atoms with van der Waals surface area (Å²) >= 11 is 0. The van der Waals surface area contributed by atoms with Gasteiger partial charge >= 0.3 is 6.18 Å². The number of carbonyl (C=O) groups is 1. The molecule has 2 N–H and O–H groups in total. The van der Waals surface area contributed by atoms with Gasteiger partial charge in [0.05, 0.1) is 12.2 Å². The van der Waals surface area contributed by atoms with Crippen LogP contribution in [0.4, 0.5) is 24.5 Å². The van der Waals surface area contributed by atoms with Gasteiger partial charge in [-0.25, -0.2) is 8.42 Å². The molecule has 1 aliphatic heterocycles. The SMILES string of the molecule is O=C(Nc1ccc(NS(=O)(=O)CCC(F)(F)F)cc1)C1CCCO1. The molecule has 2 rings (SSSR count). The predicted octanol–water partition coefficient (Wildman–Crippen LogP) is 2.50. The first-order valence-electron chi connectivity index (χ1n) is 7.24. The van der Waals surface area contributed by atoms with Gasteiger partial charge in [0, 0.05) is 18.0 Å². The maximum atomic E-state index is 12.1. The highest BCUT2D eigenvalue weighted by Gasteiger charge is 2.30. The number of amides is 1. The zero-order valence-corrected chi connectivity index (χ0v) is 13.4. The Hall–Kier alpha value is -1.81. The predicted molar refractivity (Wildman–Crippen MR) is 82.1 cm³/mol. The second-order valence-corrected chi connectivity index (χ2v) is 7.20. The molecular formula is C14H17F3N2O4S. The molecule has 0 bridgehead atoms. The van der Waals surface area contributed by atoms with E-state index in [-0.39, 0.29) is 11.6 Å². The highest BCUT2D eigenvalue weighted by Crippen LogP contribution is 2.22. The van der Waals surface area contributed by atoms with E-state index in [4.69, 9.17) is 4.74 Å². The maximum Gasteiger partial charge on any atom is 0.390 e. The van der Waals surface area contributed by atoms with E-state index >= 15 is 0 Å². The average Bonchev–Trinajstić information content (AvgIpc) is 3.01. The lowest BCUT2D eigenvalue weighted by Crippen LogP contribution is -2.26. The minimum absolute atomic E-state index is 0.118. The number of benzene rings is 1. The molecule has 1 saturated heterocycles. The number of sulfonamides is 1. The van der Waals surface area contributed by atoms with Crippen LogP contribution in [-0.4, -0.2) is 39.0 Å². The van der Waals surface area contributed by atoms with Crippen LogP contribution in [-0.2, 0) is 19.6 Å². The zero-order valence-electron chi connectivity index (χ0n) is 12.6. The summed E-state index contributed by atoms with van der Waals surface area (Å²) < 4.78 is 66.7. The number of hydrogen-bond acceptors (Lipinski definition) is 4. The van der Waals surface area contributed by atoms with Crippen LogP contribution in [0, 0.1) is 0 Å². The second kappa shape index (κ2) is 7.39. The molecule has 0 aliphatic carbocycles. The molecule has 1 atom stereocenters. The van der Waals surface area contributed by atoms with Crippen LogP contribution in [0.25, 0.3) is 0 Å². The summed E-state index contributed by atoms with van der Waals surface area (Å²) in [4.78, 5) is 11.9. The fourth-order valence-electron chi connectivity index (χ4n) is 2.11. The zero-order chi connectivity index (χ0) is 17.8. The highest BCUT2D eigenvalue weighted by atomic mass is 32.2. The van der Waals surface area contributed by atoms with Crippen LogP contribution >= 0.6 is 0 Å². The molecule has 134 valence electrons. The lowest BCUT2D eigenvalue weighted by Gasteiger charge is -2.12. The molecule has 1 amide bonds. The average molecular weight is 366 g/mol. The molecule has 1 unspecified atom stereocenters. The van der Waals surface area contributed by atoms with Gasteiger partial charge in [-0.2, -0.15) is 13.2 Å². The minimum Gasteiger partial charge on any atom is -0.368 e. The molecule has 1 heterocycles. The van der Waals surface area contributed by atoms with Crippen molar-refractivity contribution >= 4 is 27.3 Å². The third kappa shape index (κ3) is 6.00. The van der Waals surface area contributed by atoms with Crippen molar-refractivity contribution in [2.75, 3.05) is 22.4 Å². The Kier molecular flexibility index (Phi) is 5.70. The van der Waals surface area contributed by atoms with Crippen molar-refractivity contribution in [2.24, 2.45) is 0 Å². The van der Waals surface area contributed by atoms with Gasteiger partial charge in [-0.15, -0.1) is 0 Å². The Morgan fingerprint density at radius 1 is 1.21 bits per heavy atom. The van der Waals surface area contributed by atoms with E-state index in [1.54, 1.807) is 0 Å². The van der Waals surface area contributed by atoms with Crippen LogP contribution in [0.1, 0.15) is 19.3 Å². The second-order valence-electron chi connectivity index (χ2n) is 5.35. The Bertz CT molecular complexity index is 668. The molecule has 0 aromatic heterocycles. The summed E-state index contributed by atoms with van der Waals surface area (Å²) in [7, 11) is -4.09. The van der Waals surface area contributed by atoms with Gasteiger partial charge in [0.2, 0.25) is 10.0 Å². The molecule has 0 spiro atoms. The third-order valence-corrected chi connectivity index (χ3v) is 4.59. The molecule has 10 heteroatoms. The third-order valence-electron chi connectivity index (χ3n) is 3.30. The van der Waals surface area contributed by atoms with Crippen molar-refractivity contribution in [1.82, 2.24) is 0 Å². The van der Waals surface area contributed by atoms with Crippen molar-refractivity contribution in [3.63, 3.8) is 0 Å². The largest absolute Gasteiger partial charge is 0.390 e. The molecule has 1 aromatic rings. The molecule has 24 heavy (non-hydrogen) atoms. The first-order valence-corrected chi connectivity index (χ1v) is 8.90. The summed E-state index contributed by atoms with van der Waals surface area (Å²) in [5.41, 5.74) is 0.557. The number of ether oxygens (including phenoxy) is 1. The summed E-state index contributed by atoms with van der Waals surface area (Å²) in [6.07, 6.45) is -4.99. The van der Waals surface area contributed by atoms with Gasteiger partial charge < -0.3 is 10.1 Å². The number of rotatable bonds is 6. The summed E-state index contributed by atoms with van der Waals surface area (Å²) in [6.45, 7) is 0.538. The van der Waals surface area contributed by atoms with Gasteiger partial charge in [0.15, 0.2) is 0 Å². The van der Waals surface area contributed by atoms with E-state index in [0.29, 0.717) is 18.7 Å². The van der Waals surface area contributed by atoms with Crippen molar-refractivity contribution in [1.29, 1.82) is 0 Å². The number of nitrogens with one attached hydrogen (secondary N) is 2.